The molecule has 1 amide bonds. The second-order valence-corrected chi connectivity index (χ2v) is 8.52. The highest BCUT2D eigenvalue weighted by Gasteiger charge is 2.26. The van der Waals surface area contributed by atoms with Gasteiger partial charge in [0, 0.05) is 17.0 Å². The van der Waals surface area contributed by atoms with Crippen LogP contribution in [0.25, 0.3) is 0 Å². The Balaban J connectivity index is 2.43. The van der Waals surface area contributed by atoms with Crippen LogP contribution < -0.4 is 5.32 Å². The molecule has 0 aliphatic rings. The number of hydrogen-bond acceptors (Lipinski definition) is 2. The van der Waals surface area contributed by atoms with E-state index in [4.69, 9.17) is 5.10 Å². The summed E-state index contributed by atoms with van der Waals surface area (Å²) in [6.07, 6.45) is 0. The van der Waals surface area contributed by atoms with E-state index in [1.807, 2.05) is 42.8 Å². The Bertz CT molecular complexity index is 758. The summed E-state index contributed by atoms with van der Waals surface area (Å²) in [6, 6.07) is 7.90. The number of amides is 1. The Morgan fingerprint density at radius 1 is 1.04 bits per heavy atom. The lowest BCUT2D eigenvalue weighted by Crippen LogP contribution is -2.27. The van der Waals surface area contributed by atoms with Crippen LogP contribution in [-0.4, -0.2) is 15.7 Å². The first-order valence-electron chi connectivity index (χ1n) is 8.39. The molecule has 0 unspecified atom stereocenters. The molecule has 0 spiro atoms. The summed E-state index contributed by atoms with van der Waals surface area (Å²) < 4.78 is 1.90. The van der Waals surface area contributed by atoms with Gasteiger partial charge in [-0.05, 0) is 46.2 Å². The van der Waals surface area contributed by atoms with Crippen molar-refractivity contribution in [1.29, 1.82) is 0 Å². The number of anilines is 1. The highest BCUT2D eigenvalue weighted by molar-refractivity contribution is 6.05. The number of benzene rings is 1. The number of rotatable bonds is 2. The Morgan fingerprint density at radius 2 is 1.67 bits per heavy atom. The number of carbonyl (C=O) groups excluding carboxylic acids is 1. The lowest BCUT2D eigenvalue weighted by Gasteiger charge is -2.23. The van der Waals surface area contributed by atoms with Gasteiger partial charge in [-0.3, -0.25) is 4.79 Å². The van der Waals surface area contributed by atoms with Gasteiger partial charge in [0.05, 0.1) is 11.2 Å². The maximum Gasteiger partial charge on any atom is 0.257 e. The zero-order valence-corrected chi connectivity index (χ0v) is 16.1. The van der Waals surface area contributed by atoms with E-state index < -0.39 is 0 Å². The maximum atomic E-state index is 12.8. The topological polar surface area (TPSA) is 46.9 Å². The number of hydrogen-bond donors (Lipinski definition) is 1. The van der Waals surface area contributed by atoms with E-state index in [1.54, 1.807) is 0 Å². The molecule has 4 heteroatoms. The monoisotopic (exact) mass is 327 g/mol. The van der Waals surface area contributed by atoms with Crippen LogP contribution in [0.3, 0.4) is 0 Å². The van der Waals surface area contributed by atoms with Crippen molar-refractivity contribution < 1.29 is 4.79 Å². The molecular weight excluding hydrogens is 298 g/mol. The van der Waals surface area contributed by atoms with Gasteiger partial charge in [-0.1, -0.05) is 38.5 Å². The third kappa shape index (κ3) is 3.86. The van der Waals surface area contributed by atoms with Gasteiger partial charge in [0.15, 0.2) is 0 Å². The van der Waals surface area contributed by atoms with E-state index in [0.717, 1.165) is 22.6 Å². The van der Waals surface area contributed by atoms with E-state index in [9.17, 15) is 4.79 Å². The molecule has 2 rings (SSSR count). The minimum Gasteiger partial charge on any atom is -0.307 e. The van der Waals surface area contributed by atoms with E-state index in [1.165, 1.54) is 0 Å². The first-order valence-corrected chi connectivity index (χ1v) is 8.39. The van der Waals surface area contributed by atoms with E-state index >= 15 is 0 Å². The summed E-state index contributed by atoms with van der Waals surface area (Å²) in [5.41, 5.74) is 3.42. The SMILES string of the molecule is Cc1ccc(C)c(C(=O)Nc2cc(C(C)(C)C)nn2C(C)(C)C)c1. The van der Waals surface area contributed by atoms with Crippen LogP contribution in [0.5, 0.6) is 0 Å². The Hall–Kier alpha value is -2.10. The molecule has 2 aromatic rings. The fourth-order valence-corrected chi connectivity index (χ4v) is 2.51. The van der Waals surface area contributed by atoms with Crippen LogP contribution in [0.15, 0.2) is 24.3 Å². The van der Waals surface area contributed by atoms with Gasteiger partial charge >= 0.3 is 0 Å². The molecule has 0 atom stereocenters. The van der Waals surface area contributed by atoms with Crippen molar-refractivity contribution in [2.24, 2.45) is 0 Å². The molecule has 0 saturated carbocycles. The van der Waals surface area contributed by atoms with Crippen molar-refractivity contribution in [2.45, 2.75) is 66.3 Å². The first-order chi connectivity index (χ1) is 10.9. The molecule has 24 heavy (non-hydrogen) atoms. The lowest BCUT2D eigenvalue weighted by molar-refractivity contribution is 0.102. The van der Waals surface area contributed by atoms with Gasteiger partial charge in [-0.25, -0.2) is 4.68 Å². The second-order valence-electron chi connectivity index (χ2n) is 8.52. The summed E-state index contributed by atoms with van der Waals surface area (Å²) in [5.74, 6) is 0.639. The second kappa shape index (κ2) is 6.08. The number of carbonyl (C=O) groups is 1. The molecule has 0 aliphatic heterocycles. The molecule has 0 aliphatic carbocycles. The molecule has 0 bridgehead atoms. The molecule has 130 valence electrons. The van der Waals surface area contributed by atoms with E-state index in [-0.39, 0.29) is 16.9 Å². The highest BCUT2D eigenvalue weighted by atomic mass is 16.1. The summed E-state index contributed by atoms with van der Waals surface area (Å²) >= 11 is 0. The number of aromatic nitrogens is 2. The predicted molar refractivity (Wildman–Crippen MR) is 99.8 cm³/mol. The zero-order chi connectivity index (χ0) is 18.3. The fourth-order valence-electron chi connectivity index (χ4n) is 2.51. The maximum absolute atomic E-state index is 12.8. The van der Waals surface area contributed by atoms with Crippen molar-refractivity contribution in [3.05, 3.63) is 46.6 Å². The Labute approximate surface area is 145 Å². The summed E-state index contributed by atoms with van der Waals surface area (Å²) in [4.78, 5) is 12.8. The summed E-state index contributed by atoms with van der Waals surface area (Å²) in [6.45, 7) is 16.6. The van der Waals surface area contributed by atoms with Crippen LogP contribution >= 0.6 is 0 Å². The Morgan fingerprint density at radius 3 is 2.21 bits per heavy atom. The molecular formula is C20H29N3O. The number of aryl methyl sites for hydroxylation is 2. The van der Waals surface area contributed by atoms with Crippen LogP contribution in [0.1, 0.15) is 68.7 Å². The lowest BCUT2D eigenvalue weighted by atomic mass is 9.92. The molecule has 1 aromatic carbocycles. The van der Waals surface area contributed by atoms with Gasteiger partial charge in [0.1, 0.15) is 5.82 Å². The smallest absolute Gasteiger partial charge is 0.257 e. The van der Waals surface area contributed by atoms with Crippen LogP contribution in [0, 0.1) is 13.8 Å². The third-order valence-electron chi connectivity index (χ3n) is 3.99. The summed E-state index contributed by atoms with van der Waals surface area (Å²) in [7, 11) is 0. The van der Waals surface area contributed by atoms with Crippen molar-refractivity contribution in [1.82, 2.24) is 9.78 Å². The van der Waals surface area contributed by atoms with Crippen molar-refractivity contribution in [3.63, 3.8) is 0 Å². The first kappa shape index (κ1) is 18.2. The van der Waals surface area contributed by atoms with Gasteiger partial charge in [0.25, 0.3) is 5.91 Å². The zero-order valence-electron chi connectivity index (χ0n) is 16.1. The average molecular weight is 327 g/mol. The summed E-state index contributed by atoms with van der Waals surface area (Å²) in [5, 5.41) is 7.80. The van der Waals surface area contributed by atoms with Gasteiger partial charge in [0.2, 0.25) is 0 Å². The van der Waals surface area contributed by atoms with E-state index in [2.05, 4.69) is 46.9 Å². The fraction of sp³-hybridized carbons (Fsp3) is 0.500. The molecule has 0 fully saturated rings. The predicted octanol–water partition coefficient (Wildman–Crippen LogP) is 4.80. The molecule has 1 N–H and O–H groups in total. The van der Waals surface area contributed by atoms with E-state index in [0.29, 0.717) is 5.56 Å². The molecule has 0 saturated heterocycles. The largest absolute Gasteiger partial charge is 0.307 e. The van der Waals surface area contributed by atoms with Crippen molar-refractivity contribution in [3.8, 4) is 0 Å². The van der Waals surface area contributed by atoms with Crippen molar-refractivity contribution in [2.75, 3.05) is 5.32 Å². The molecule has 1 heterocycles. The van der Waals surface area contributed by atoms with Crippen LogP contribution in [0.4, 0.5) is 5.82 Å². The Kier molecular flexibility index (Phi) is 4.62. The van der Waals surface area contributed by atoms with Gasteiger partial charge < -0.3 is 5.32 Å². The van der Waals surface area contributed by atoms with Crippen LogP contribution in [-0.2, 0) is 11.0 Å². The molecule has 1 aromatic heterocycles. The van der Waals surface area contributed by atoms with Gasteiger partial charge in [-0.15, -0.1) is 0 Å². The normalized spacial score (nSPS) is 12.3. The minimum absolute atomic E-state index is 0.0742. The third-order valence-corrected chi connectivity index (χ3v) is 3.99. The average Bonchev–Trinajstić information content (AvgIpc) is 2.85. The van der Waals surface area contributed by atoms with Gasteiger partial charge in [-0.2, -0.15) is 5.10 Å². The minimum atomic E-state index is -0.215. The quantitative estimate of drug-likeness (QED) is 0.861. The van der Waals surface area contributed by atoms with Crippen LogP contribution in [0.2, 0.25) is 0 Å². The highest BCUT2D eigenvalue weighted by Crippen LogP contribution is 2.28. The van der Waals surface area contributed by atoms with Crippen molar-refractivity contribution >= 4 is 11.7 Å². The number of nitrogens with zero attached hydrogens (tertiary/aromatic N) is 2. The standard InChI is InChI=1S/C20H29N3O/c1-13-9-10-14(2)15(11-13)18(24)21-17-12-16(19(3,4)5)22-23(17)20(6,7)8/h9-12H,1-8H3,(H,21,24). The molecule has 0 radical (unpaired) electrons. The number of nitrogens with one attached hydrogen (secondary N) is 1. The molecule has 4 nitrogen and oxygen atoms in total.